The number of nitrogens with one attached hydrogen (secondary N) is 1. The molecule has 2 aromatic carbocycles. The van der Waals surface area contributed by atoms with Gasteiger partial charge in [0, 0.05) is 37.4 Å². The van der Waals surface area contributed by atoms with Crippen molar-refractivity contribution >= 4 is 17.3 Å². The third-order valence-corrected chi connectivity index (χ3v) is 4.92. The van der Waals surface area contributed by atoms with Crippen LogP contribution in [0.5, 0.6) is 0 Å². The van der Waals surface area contributed by atoms with E-state index in [9.17, 15) is 10.1 Å². The number of H-pyrrole nitrogens is 1. The standard InChI is InChI=1S/C22H20N4O/c23-16-18-15-20(21(27)17-7-3-1-4-8-17)24-22(18)26-13-11-25(12-14-26)19-9-5-2-6-10-19/h1-10,15,24H,11-14H2. The van der Waals surface area contributed by atoms with Crippen molar-refractivity contribution in [2.24, 2.45) is 0 Å². The fourth-order valence-corrected chi connectivity index (χ4v) is 3.47. The first-order valence-corrected chi connectivity index (χ1v) is 9.04. The summed E-state index contributed by atoms with van der Waals surface area (Å²) in [5.41, 5.74) is 2.80. The molecule has 1 N–H and O–H groups in total. The van der Waals surface area contributed by atoms with Crippen LogP contribution in [0.2, 0.25) is 0 Å². The van der Waals surface area contributed by atoms with Crippen LogP contribution < -0.4 is 9.80 Å². The number of nitrogens with zero attached hydrogens (tertiary/aromatic N) is 3. The molecule has 0 spiro atoms. The summed E-state index contributed by atoms with van der Waals surface area (Å²) in [6.07, 6.45) is 0. The van der Waals surface area contributed by atoms with Crippen molar-refractivity contribution in [3.05, 3.63) is 83.6 Å². The molecule has 0 aliphatic carbocycles. The first kappa shape index (κ1) is 16.9. The minimum Gasteiger partial charge on any atom is -0.368 e. The second-order valence-corrected chi connectivity index (χ2v) is 6.56. The Labute approximate surface area is 158 Å². The normalized spacial score (nSPS) is 14.0. The van der Waals surface area contributed by atoms with Gasteiger partial charge in [-0.1, -0.05) is 48.5 Å². The molecule has 4 rings (SSSR count). The largest absolute Gasteiger partial charge is 0.368 e. The Morgan fingerprint density at radius 2 is 1.48 bits per heavy atom. The highest BCUT2D eigenvalue weighted by Crippen LogP contribution is 2.25. The van der Waals surface area contributed by atoms with Crippen LogP contribution in [0.15, 0.2) is 66.7 Å². The topological polar surface area (TPSA) is 63.1 Å². The number of carbonyl (C=O) groups is 1. The number of para-hydroxylation sites is 1. The zero-order valence-electron chi connectivity index (χ0n) is 14.9. The van der Waals surface area contributed by atoms with Crippen LogP contribution in [-0.4, -0.2) is 36.9 Å². The number of aromatic amines is 1. The molecule has 27 heavy (non-hydrogen) atoms. The van der Waals surface area contributed by atoms with Gasteiger partial charge in [-0.15, -0.1) is 0 Å². The first-order valence-electron chi connectivity index (χ1n) is 9.04. The lowest BCUT2D eigenvalue weighted by molar-refractivity contribution is 0.103. The smallest absolute Gasteiger partial charge is 0.209 e. The summed E-state index contributed by atoms with van der Waals surface area (Å²) in [5.74, 6) is 0.644. The van der Waals surface area contributed by atoms with Crippen molar-refractivity contribution in [2.45, 2.75) is 0 Å². The molecule has 2 heterocycles. The molecular formula is C22H20N4O. The summed E-state index contributed by atoms with van der Waals surface area (Å²) in [6, 6.07) is 23.3. The molecule has 0 atom stereocenters. The van der Waals surface area contributed by atoms with E-state index in [4.69, 9.17) is 0 Å². The number of anilines is 2. The van der Waals surface area contributed by atoms with E-state index in [1.165, 1.54) is 5.69 Å². The van der Waals surface area contributed by atoms with Crippen molar-refractivity contribution < 1.29 is 4.79 Å². The van der Waals surface area contributed by atoms with Crippen molar-refractivity contribution in [3.8, 4) is 6.07 Å². The van der Waals surface area contributed by atoms with Crippen LogP contribution in [0.25, 0.3) is 0 Å². The molecule has 1 saturated heterocycles. The number of piperazine rings is 1. The van der Waals surface area contributed by atoms with E-state index < -0.39 is 0 Å². The molecule has 0 amide bonds. The summed E-state index contributed by atoms with van der Waals surface area (Å²) in [7, 11) is 0. The summed E-state index contributed by atoms with van der Waals surface area (Å²) >= 11 is 0. The highest BCUT2D eigenvalue weighted by molar-refractivity contribution is 6.08. The maximum Gasteiger partial charge on any atom is 0.209 e. The van der Waals surface area contributed by atoms with E-state index in [-0.39, 0.29) is 5.78 Å². The minimum absolute atomic E-state index is 0.0960. The number of hydrogen-bond donors (Lipinski definition) is 1. The van der Waals surface area contributed by atoms with E-state index in [2.05, 4.69) is 33.0 Å². The van der Waals surface area contributed by atoms with Gasteiger partial charge in [0.25, 0.3) is 0 Å². The summed E-state index contributed by atoms with van der Waals surface area (Å²) in [6.45, 7) is 3.33. The molecule has 0 unspecified atom stereocenters. The Bertz CT molecular complexity index is 965. The van der Waals surface area contributed by atoms with Gasteiger partial charge in [0.05, 0.1) is 11.3 Å². The second-order valence-electron chi connectivity index (χ2n) is 6.56. The summed E-state index contributed by atoms with van der Waals surface area (Å²) in [4.78, 5) is 20.4. The molecule has 1 aromatic heterocycles. The highest BCUT2D eigenvalue weighted by Gasteiger charge is 2.23. The molecule has 1 aliphatic rings. The second kappa shape index (κ2) is 7.38. The van der Waals surface area contributed by atoms with Gasteiger partial charge >= 0.3 is 0 Å². The lowest BCUT2D eigenvalue weighted by atomic mass is 10.1. The molecule has 3 aromatic rings. The zero-order chi connectivity index (χ0) is 18.6. The lowest BCUT2D eigenvalue weighted by Crippen LogP contribution is -2.46. The molecule has 0 bridgehead atoms. The Morgan fingerprint density at radius 1 is 0.889 bits per heavy atom. The van der Waals surface area contributed by atoms with Gasteiger partial charge in [0.2, 0.25) is 5.78 Å². The van der Waals surface area contributed by atoms with E-state index >= 15 is 0 Å². The van der Waals surface area contributed by atoms with E-state index in [0.717, 1.165) is 32.0 Å². The first-order chi connectivity index (χ1) is 13.3. The molecule has 1 aliphatic heterocycles. The molecule has 0 saturated carbocycles. The average molecular weight is 356 g/mol. The maximum atomic E-state index is 12.7. The number of rotatable bonds is 4. The molecule has 5 heteroatoms. The molecular weight excluding hydrogens is 336 g/mol. The van der Waals surface area contributed by atoms with Gasteiger partial charge in [0.15, 0.2) is 0 Å². The van der Waals surface area contributed by atoms with Crippen LogP contribution in [-0.2, 0) is 0 Å². The number of nitriles is 1. The van der Waals surface area contributed by atoms with Gasteiger partial charge in [0.1, 0.15) is 11.9 Å². The van der Waals surface area contributed by atoms with Crippen molar-refractivity contribution in [1.82, 2.24) is 4.98 Å². The fourth-order valence-electron chi connectivity index (χ4n) is 3.47. The van der Waals surface area contributed by atoms with Gasteiger partial charge < -0.3 is 14.8 Å². The molecule has 134 valence electrons. The van der Waals surface area contributed by atoms with Crippen molar-refractivity contribution in [1.29, 1.82) is 5.26 Å². The SMILES string of the molecule is N#Cc1cc(C(=O)c2ccccc2)[nH]c1N1CCN(c2ccccc2)CC1. The highest BCUT2D eigenvalue weighted by atomic mass is 16.1. The lowest BCUT2D eigenvalue weighted by Gasteiger charge is -2.36. The number of benzene rings is 2. The number of ketones is 1. The monoisotopic (exact) mass is 356 g/mol. The summed E-state index contributed by atoms with van der Waals surface area (Å²) < 4.78 is 0. The number of aromatic nitrogens is 1. The predicted octanol–water partition coefficient (Wildman–Crippen LogP) is 3.44. The minimum atomic E-state index is -0.0960. The van der Waals surface area contributed by atoms with Crippen LogP contribution >= 0.6 is 0 Å². The van der Waals surface area contributed by atoms with E-state index in [1.807, 2.05) is 36.4 Å². The van der Waals surface area contributed by atoms with E-state index in [0.29, 0.717) is 16.8 Å². The molecule has 1 fully saturated rings. The Morgan fingerprint density at radius 3 is 2.11 bits per heavy atom. The van der Waals surface area contributed by atoms with Crippen molar-refractivity contribution in [2.75, 3.05) is 36.0 Å². The third-order valence-electron chi connectivity index (χ3n) is 4.92. The fraction of sp³-hybridized carbons (Fsp3) is 0.182. The average Bonchev–Trinajstić information content (AvgIpc) is 3.19. The zero-order valence-corrected chi connectivity index (χ0v) is 14.9. The van der Waals surface area contributed by atoms with Gasteiger partial charge in [-0.2, -0.15) is 5.26 Å². The third kappa shape index (κ3) is 3.42. The van der Waals surface area contributed by atoms with Gasteiger partial charge in [-0.25, -0.2) is 0 Å². The molecule has 5 nitrogen and oxygen atoms in total. The predicted molar refractivity (Wildman–Crippen MR) is 106 cm³/mol. The van der Waals surface area contributed by atoms with Crippen LogP contribution in [0.3, 0.4) is 0 Å². The number of hydrogen-bond acceptors (Lipinski definition) is 4. The van der Waals surface area contributed by atoms with Crippen LogP contribution in [0.1, 0.15) is 21.6 Å². The Hall–Kier alpha value is -3.52. The Balaban J connectivity index is 1.52. The number of carbonyl (C=O) groups excluding carboxylic acids is 1. The maximum absolute atomic E-state index is 12.7. The van der Waals surface area contributed by atoms with Crippen LogP contribution in [0.4, 0.5) is 11.5 Å². The van der Waals surface area contributed by atoms with Crippen molar-refractivity contribution in [3.63, 3.8) is 0 Å². The quantitative estimate of drug-likeness (QED) is 0.728. The van der Waals surface area contributed by atoms with Gasteiger partial charge in [-0.05, 0) is 18.2 Å². The van der Waals surface area contributed by atoms with E-state index in [1.54, 1.807) is 18.2 Å². The van der Waals surface area contributed by atoms with Gasteiger partial charge in [-0.3, -0.25) is 4.79 Å². The summed E-state index contributed by atoms with van der Waals surface area (Å²) in [5, 5.41) is 9.53. The van der Waals surface area contributed by atoms with Crippen LogP contribution in [0, 0.1) is 11.3 Å². The molecule has 0 radical (unpaired) electrons. The Kier molecular flexibility index (Phi) is 4.63.